The fraction of sp³-hybridized carbons (Fsp3) is 0.0952. The minimum Gasteiger partial charge on any atom is -0.310 e. The Hall–Kier alpha value is -5.74. The van der Waals surface area contributed by atoms with Gasteiger partial charge in [0.25, 0.3) is 0 Å². The fourth-order valence-corrected chi connectivity index (χ4v) is 7.31. The summed E-state index contributed by atoms with van der Waals surface area (Å²) in [5.41, 5.74) is 12.0. The summed E-state index contributed by atoms with van der Waals surface area (Å²) in [6.45, 7) is 4.68. The Kier molecular flexibility index (Phi) is 5.88. The molecule has 1 unspecified atom stereocenters. The molecule has 1 aromatic heterocycles. The van der Waals surface area contributed by atoms with Crippen molar-refractivity contribution < 1.29 is 0 Å². The predicted octanol–water partition coefficient (Wildman–Crippen LogP) is 9.72. The highest BCUT2D eigenvalue weighted by Gasteiger charge is 2.36. The maximum atomic E-state index is 5.32. The first-order valence-corrected chi connectivity index (χ1v) is 15.9. The van der Waals surface area contributed by atoms with E-state index in [1.54, 1.807) is 0 Å². The van der Waals surface area contributed by atoms with Crippen molar-refractivity contribution in [2.75, 3.05) is 0 Å². The lowest BCUT2D eigenvalue weighted by molar-refractivity contribution is 0.661. The number of nitrogens with zero attached hydrogens (tertiary/aromatic N) is 3. The Balaban J connectivity index is 1.25. The number of aliphatic imine (C=N–C) groups is 2. The SMILES string of the molecule is CC1(C)c2ccccc2-c2cc3c(cc21)c1ccccc1n3C1=NC(c2ccc(-c3ccccc3)cc2)N=C(c2ccccc2)N1. The zero-order valence-corrected chi connectivity index (χ0v) is 25.8. The maximum absolute atomic E-state index is 5.32. The van der Waals surface area contributed by atoms with Crippen LogP contribution in [-0.4, -0.2) is 16.4 Å². The van der Waals surface area contributed by atoms with Crippen molar-refractivity contribution in [2.24, 2.45) is 9.98 Å². The van der Waals surface area contributed by atoms with Crippen molar-refractivity contribution >= 4 is 33.6 Å². The second kappa shape index (κ2) is 10.1. The number of nitrogens with one attached hydrogen (secondary N) is 1. The van der Waals surface area contributed by atoms with Crippen LogP contribution >= 0.6 is 0 Å². The highest BCUT2D eigenvalue weighted by Crippen LogP contribution is 2.50. The molecule has 0 saturated heterocycles. The smallest absolute Gasteiger partial charge is 0.211 e. The molecule has 9 rings (SSSR count). The van der Waals surface area contributed by atoms with Crippen molar-refractivity contribution in [2.45, 2.75) is 25.4 Å². The van der Waals surface area contributed by atoms with Crippen LogP contribution < -0.4 is 5.32 Å². The van der Waals surface area contributed by atoms with Gasteiger partial charge in [-0.1, -0.05) is 141 Å². The van der Waals surface area contributed by atoms with Crippen LogP contribution in [0.2, 0.25) is 0 Å². The molecule has 2 heterocycles. The normalized spacial score (nSPS) is 16.4. The van der Waals surface area contributed by atoms with E-state index in [0.29, 0.717) is 0 Å². The Labute approximate surface area is 268 Å². The molecule has 7 aromatic rings. The van der Waals surface area contributed by atoms with Crippen LogP contribution in [0.5, 0.6) is 0 Å². The van der Waals surface area contributed by atoms with Crippen LogP contribution in [0.4, 0.5) is 0 Å². The van der Waals surface area contributed by atoms with Crippen LogP contribution in [0.15, 0.2) is 156 Å². The van der Waals surface area contributed by atoms with Crippen LogP contribution in [0, 0.1) is 0 Å². The number of amidine groups is 1. The van der Waals surface area contributed by atoms with Crippen molar-refractivity contribution in [1.82, 2.24) is 9.88 Å². The minimum atomic E-state index is -0.401. The van der Waals surface area contributed by atoms with Gasteiger partial charge in [0, 0.05) is 21.8 Å². The van der Waals surface area contributed by atoms with Gasteiger partial charge in [0.15, 0.2) is 6.17 Å². The molecule has 0 saturated carbocycles. The quantitative estimate of drug-likeness (QED) is 0.218. The van der Waals surface area contributed by atoms with Gasteiger partial charge in [-0.3, -0.25) is 4.57 Å². The molecule has 1 atom stereocenters. The Morgan fingerprint density at radius 3 is 1.98 bits per heavy atom. The summed E-state index contributed by atoms with van der Waals surface area (Å²) in [5.74, 6) is 1.57. The molecule has 0 amide bonds. The lowest BCUT2D eigenvalue weighted by Gasteiger charge is -2.24. The van der Waals surface area contributed by atoms with Crippen LogP contribution in [-0.2, 0) is 5.41 Å². The molecule has 1 aliphatic carbocycles. The minimum absolute atomic E-state index is 0.0753. The average molecular weight is 593 g/mol. The number of rotatable bonds is 3. The van der Waals surface area contributed by atoms with Gasteiger partial charge < -0.3 is 5.32 Å². The Bertz CT molecular complexity index is 2340. The standard InChI is InChI=1S/C42H32N4/c1-42(2)35-19-11-9-17-31(35)33-26-38-34(25-36(33)42)32-18-10-12-20-37(32)46(38)41-44-39(29-15-7-4-8-16-29)43-40(45-41)30-23-21-28(22-24-30)27-13-5-3-6-14-27/h3-26,40H,1-2H3,(H,43,44,45). The van der Waals surface area contributed by atoms with Gasteiger partial charge in [-0.15, -0.1) is 0 Å². The van der Waals surface area contributed by atoms with E-state index in [4.69, 9.17) is 9.98 Å². The highest BCUT2D eigenvalue weighted by atomic mass is 15.3. The van der Waals surface area contributed by atoms with Gasteiger partial charge in [-0.2, -0.15) is 0 Å². The monoisotopic (exact) mass is 592 g/mol. The zero-order chi connectivity index (χ0) is 30.8. The molecule has 0 radical (unpaired) electrons. The van der Waals surface area contributed by atoms with Gasteiger partial charge in [0.2, 0.25) is 5.96 Å². The summed E-state index contributed by atoms with van der Waals surface area (Å²) in [6, 6.07) is 51.7. The van der Waals surface area contributed by atoms with Crippen LogP contribution in [0.25, 0.3) is 44.1 Å². The largest absolute Gasteiger partial charge is 0.310 e. The van der Waals surface area contributed by atoms with E-state index in [1.165, 1.54) is 44.2 Å². The molecule has 6 aromatic carbocycles. The van der Waals surface area contributed by atoms with Crippen molar-refractivity contribution in [3.05, 3.63) is 168 Å². The number of para-hydroxylation sites is 1. The fourth-order valence-electron chi connectivity index (χ4n) is 7.31. The third-order valence-electron chi connectivity index (χ3n) is 9.68. The second-order valence-electron chi connectivity index (χ2n) is 12.7. The number of fused-ring (bicyclic) bond motifs is 6. The van der Waals surface area contributed by atoms with Gasteiger partial charge in [0.1, 0.15) is 5.84 Å². The zero-order valence-electron chi connectivity index (χ0n) is 25.8. The van der Waals surface area contributed by atoms with E-state index >= 15 is 0 Å². The summed E-state index contributed by atoms with van der Waals surface area (Å²) < 4.78 is 2.29. The topological polar surface area (TPSA) is 41.7 Å². The third kappa shape index (κ3) is 4.07. The molecule has 0 fully saturated rings. The van der Waals surface area contributed by atoms with Gasteiger partial charge in [0.05, 0.1) is 11.0 Å². The number of hydrogen-bond acceptors (Lipinski definition) is 3. The molecule has 4 nitrogen and oxygen atoms in total. The van der Waals surface area contributed by atoms with E-state index in [0.717, 1.165) is 34.0 Å². The van der Waals surface area contributed by atoms with Gasteiger partial charge in [-0.05, 0) is 57.1 Å². The first kappa shape index (κ1) is 26.6. The van der Waals surface area contributed by atoms with Crippen molar-refractivity contribution in [1.29, 1.82) is 0 Å². The number of aromatic nitrogens is 1. The van der Waals surface area contributed by atoms with Crippen molar-refractivity contribution in [3.8, 4) is 22.3 Å². The third-order valence-corrected chi connectivity index (χ3v) is 9.68. The Morgan fingerprint density at radius 1 is 0.543 bits per heavy atom. The second-order valence-corrected chi connectivity index (χ2v) is 12.7. The van der Waals surface area contributed by atoms with Gasteiger partial charge >= 0.3 is 0 Å². The van der Waals surface area contributed by atoms with Crippen molar-refractivity contribution in [3.63, 3.8) is 0 Å². The summed E-state index contributed by atoms with van der Waals surface area (Å²) in [6.07, 6.45) is -0.401. The summed E-state index contributed by atoms with van der Waals surface area (Å²) in [5, 5.41) is 6.10. The molecular weight excluding hydrogens is 560 g/mol. The maximum Gasteiger partial charge on any atom is 0.211 e. The molecule has 4 heteroatoms. The summed E-state index contributed by atoms with van der Waals surface area (Å²) in [4.78, 5) is 10.5. The Morgan fingerprint density at radius 2 is 1.20 bits per heavy atom. The molecule has 1 aliphatic heterocycles. The van der Waals surface area contributed by atoms with Gasteiger partial charge in [-0.25, -0.2) is 9.98 Å². The van der Waals surface area contributed by atoms with E-state index in [2.05, 4.69) is 157 Å². The first-order valence-electron chi connectivity index (χ1n) is 15.9. The molecule has 2 aliphatic rings. The number of benzene rings is 6. The highest BCUT2D eigenvalue weighted by molar-refractivity contribution is 6.19. The summed E-state index contributed by atoms with van der Waals surface area (Å²) >= 11 is 0. The lowest BCUT2D eigenvalue weighted by atomic mass is 9.82. The van der Waals surface area contributed by atoms with Crippen LogP contribution in [0.3, 0.4) is 0 Å². The molecule has 0 spiro atoms. The summed E-state index contributed by atoms with van der Waals surface area (Å²) in [7, 11) is 0. The van der Waals surface area contributed by atoms with E-state index in [-0.39, 0.29) is 5.41 Å². The van der Waals surface area contributed by atoms with Crippen LogP contribution in [0.1, 0.15) is 42.3 Å². The first-order chi connectivity index (χ1) is 22.6. The molecule has 46 heavy (non-hydrogen) atoms. The predicted molar refractivity (Wildman–Crippen MR) is 191 cm³/mol. The van der Waals surface area contributed by atoms with E-state index in [1.807, 2.05) is 12.1 Å². The number of hydrogen-bond donors (Lipinski definition) is 1. The molecule has 220 valence electrons. The van der Waals surface area contributed by atoms with E-state index < -0.39 is 6.17 Å². The van der Waals surface area contributed by atoms with E-state index in [9.17, 15) is 0 Å². The molecular formula is C42H32N4. The molecule has 1 N–H and O–H groups in total. The molecule has 0 bridgehead atoms. The lowest BCUT2D eigenvalue weighted by Crippen LogP contribution is -2.39. The average Bonchev–Trinajstić information content (AvgIpc) is 3.56.